The fraction of sp³-hybridized carbons (Fsp3) is 0.179. The Balaban J connectivity index is 1.42. The predicted octanol–water partition coefficient (Wildman–Crippen LogP) is 4.41. The van der Waals surface area contributed by atoms with Crippen molar-refractivity contribution in [3.8, 4) is 11.1 Å². The van der Waals surface area contributed by atoms with Gasteiger partial charge in [0, 0.05) is 5.92 Å². The molecule has 1 aliphatic carbocycles. The lowest BCUT2D eigenvalue weighted by Gasteiger charge is -2.21. The van der Waals surface area contributed by atoms with E-state index in [2.05, 4.69) is 17.2 Å². The quantitative estimate of drug-likeness (QED) is 0.402. The molecule has 2 amide bonds. The van der Waals surface area contributed by atoms with Crippen LogP contribution in [0.1, 0.15) is 35.1 Å². The first kappa shape index (κ1) is 23.8. The molecule has 0 aromatic heterocycles. The molecule has 4 rings (SSSR count). The van der Waals surface area contributed by atoms with Gasteiger partial charge in [-0.1, -0.05) is 84.9 Å². The lowest BCUT2D eigenvalue weighted by atomic mass is 9.98. The Morgan fingerprint density at radius 1 is 0.886 bits per heavy atom. The Kier molecular flexibility index (Phi) is 7.26. The van der Waals surface area contributed by atoms with Gasteiger partial charge in [0.15, 0.2) is 6.04 Å². The predicted molar refractivity (Wildman–Crippen MR) is 132 cm³/mol. The molecule has 0 spiro atoms. The molecule has 1 aliphatic rings. The zero-order valence-electron chi connectivity index (χ0n) is 19.0. The van der Waals surface area contributed by atoms with E-state index in [0.717, 1.165) is 22.3 Å². The molecular weight excluding hydrogens is 444 g/mol. The Labute approximate surface area is 203 Å². The SMILES string of the molecule is C=CCC(NC(=O)OCC1c2ccccc2-c2ccccc21)C(=O)N[C@@H](C(=O)O)c1ccccc1. The maximum Gasteiger partial charge on any atom is 0.407 e. The second kappa shape index (κ2) is 10.7. The Hall–Kier alpha value is -4.39. The van der Waals surface area contributed by atoms with Crippen molar-refractivity contribution in [2.24, 2.45) is 0 Å². The topological polar surface area (TPSA) is 105 Å². The molecule has 0 saturated carbocycles. The highest BCUT2D eigenvalue weighted by atomic mass is 16.5. The number of ether oxygens (including phenoxy) is 1. The van der Waals surface area contributed by atoms with E-state index in [0.29, 0.717) is 5.56 Å². The van der Waals surface area contributed by atoms with Crippen molar-refractivity contribution in [3.05, 3.63) is 108 Å². The first-order chi connectivity index (χ1) is 17.0. The van der Waals surface area contributed by atoms with Crippen molar-refractivity contribution in [3.63, 3.8) is 0 Å². The number of carboxylic acids is 1. The Morgan fingerprint density at radius 3 is 2.03 bits per heavy atom. The normalized spacial score (nSPS) is 13.6. The van der Waals surface area contributed by atoms with E-state index >= 15 is 0 Å². The van der Waals surface area contributed by atoms with Crippen LogP contribution >= 0.6 is 0 Å². The Bertz CT molecular complexity index is 1200. The van der Waals surface area contributed by atoms with Crippen molar-refractivity contribution in [2.75, 3.05) is 6.61 Å². The summed E-state index contributed by atoms with van der Waals surface area (Å²) >= 11 is 0. The van der Waals surface area contributed by atoms with Crippen LogP contribution in [-0.4, -0.2) is 35.7 Å². The summed E-state index contributed by atoms with van der Waals surface area (Å²) in [5.41, 5.74) is 4.80. The fourth-order valence-electron chi connectivity index (χ4n) is 4.36. The van der Waals surface area contributed by atoms with Crippen LogP contribution in [0.4, 0.5) is 4.79 Å². The summed E-state index contributed by atoms with van der Waals surface area (Å²) in [6.07, 6.45) is 0.823. The zero-order valence-corrected chi connectivity index (χ0v) is 19.0. The van der Waals surface area contributed by atoms with Crippen molar-refractivity contribution in [1.29, 1.82) is 0 Å². The molecule has 2 atom stereocenters. The molecule has 3 aromatic rings. The number of alkyl carbamates (subject to hydrolysis) is 1. The number of benzene rings is 3. The van der Waals surface area contributed by atoms with Gasteiger partial charge in [0.05, 0.1) is 0 Å². The maximum absolute atomic E-state index is 12.9. The van der Waals surface area contributed by atoms with Crippen molar-refractivity contribution < 1.29 is 24.2 Å². The number of carbonyl (C=O) groups excluding carboxylic acids is 2. The van der Waals surface area contributed by atoms with E-state index in [1.807, 2.05) is 48.5 Å². The molecule has 3 aromatic carbocycles. The highest BCUT2D eigenvalue weighted by Gasteiger charge is 2.30. The number of hydrogen-bond donors (Lipinski definition) is 3. The molecule has 35 heavy (non-hydrogen) atoms. The molecule has 0 bridgehead atoms. The van der Waals surface area contributed by atoms with Crippen LogP contribution in [0.15, 0.2) is 91.5 Å². The number of aliphatic carboxylic acids is 1. The van der Waals surface area contributed by atoms with Crippen molar-refractivity contribution in [2.45, 2.75) is 24.4 Å². The molecule has 7 heteroatoms. The largest absolute Gasteiger partial charge is 0.479 e. The van der Waals surface area contributed by atoms with Gasteiger partial charge in [0.25, 0.3) is 0 Å². The third kappa shape index (κ3) is 5.24. The van der Waals surface area contributed by atoms with E-state index in [1.165, 1.54) is 6.08 Å². The van der Waals surface area contributed by atoms with Gasteiger partial charge < -0.3 is 20.5 Å². The molecule has 0 heterocycles. The standard InChI is InChI=1S/C28H26N2O5/c1-2-10-24(26(31)30-25(27(32)33)18-11-4-3-5-12-18)29-28(34)35-17-23-21-15-8-6-13-19(21)20-14-7-9-16-22(20)23/h2-9,11-16,23-25H,1,10,17H2,(H,29,34)(H,30,31)(H,32,33)/t24?,25-/m1/s1. The first-order valence-electron chi connectivity index (χ1n) is 11.3. The number of fused-ring (bicyclic) bond motifs is 3. The number of carboxylic acid groups (broad SMARTS) is 1. The average Bonchev–Trinajstić information content (AvgIpc) is 3.19. The number of carbonyl (C=O) groups is 3. The summed E-state index contributed by atoms with van der Waals surface area (Å²) in [6, 6.07) is 22.1. The molecule has 0 fully saturated rings. The molecule has 1 unspecified atom stereocenters. The fourth-order valence-corrected chi connectivity index (χ4v) is 4.36. The van der Waals surface area contributed by atoms with Gasteiger partial charge >= 0.3 is 12.1 Å². The van der Waals surface area contributed by atoms with Crippen LogP contribution in [0.5, 0.6) is 0 Å². The third-order valence-electron chi connectivity index (χ3n) is 6.02. The van der Waals surface area contributed by atoms with Crippen LogP contribution in [0, 0.1) is 0 Å². The van der Waals surface area contributed by atoms with Gasteiger partial charge in [-0.05, 0) is 34.2 Å². The van der Waals surface area contributed by atoms with E-state index < -0.39 is 30.1 Å². The molecule has 178 valence electrons. The number of rotatable bonds is 9. The third-order valence-corrected chi connectivity index (χ3v) is 6.02. The first-order valence-corrected chi connectivity index (χ1v) is 11.3. The summed E-state index contributed by atoms with van der Waals surface area (Å²) in [4.78, 5) is 37.2. The van der Waals surface area contributed by atoms with E-state index in [-0.39, 0.29) is 18.9 Å². The highest BCUT2D eigenvalue weighted by Crippen LogP contribution is 2.44. The van der Waals surface area contributed by atoms with Crippen LogP contribution < -0.4 is 10.6 Å². The molecule has 0 saturated heterocycles. The number of amides is 2. The van der Waals surface area contributed by atoms with Gasteiger partial charge in [-0.15, -0.1) is 6.58 Å². The van der Waals surface area contributed by atoms with Gasteiger partial charge in [-0.2, -0.15) is 0 Å². The molecule has 0 radical (unpaired) electrons. The lowest BCUT2D eigenvalue weighted by molar-refractivity contribution is -0.142. The molecule has 7 nitrogen and oxygen atoms in total. The van der Waals surface area contributed by atoms with Crippen LogP contribution in [0.2, 0.25) is 0 Å². The maximum atomic E-state index is 12.9. The summed E-state index contributed by atoms with van der Waals surface area (Å²) in [7, 11) is 0. The summed E-state index contributed by atoms with van der Waals surface area (Å²) in [5, 5.41) is 14.6. The van der Waals surface area contributed by atoms with E-state index in [9.17, 15) is 19.5 Å². The monoisotopic (exact) mass is 470 g/mol. The summed E-state index contributed by atoms with van der Waals surface area (Å²) in [5.74, 6) is -1.97. The highest BCUT2D eigenvalue weighted by molar-refractivity contribution is 5.90. The van der Waals surface area contributed by atoms with Crippen molar-refractivity contribution in [1.82, 2.24) is 10.6 Å². The van der Waals surface area contributed by atoms with Crippen molar-refractivity contribution >= 4 is 18.0 Å². The molecule has 0 aliphatic heterocycles. The second-order valence-electron chi connectivity index (χ2n) is 8.24. The minimum absolute atomic E-state index is 0.101. The molecule has 3 N–H and O–H groups in total. The van der Waals surface area contributed by atoms with Crippen LogP contribution in [-0.2, 0) is 14.3 Å². The lowest BCUT2D eigenvalue weighted by Crippen LogP contribution is -2.48. The summed E-state index contributed by atoms with van der Waals surface area (Å²) < 4.78 is 5.52. The van der Waals surface area contributed by atoms with E-state index in [4.69, 9.17) is 4.74 Å². The van der Waals surface area contributed by atoms with E-state index in [1.54, 1.807) is 30.3 Å². The summed E-state index contributed by atoms with van der Waals surface area (Å²) in [6.45, 7) is 3.73. The number of hydrogen-bond acceptors (Lipinski definition) is 4. The van der Waals surface area contributed by atoms with Gasteiger partial charge in [-0.3, -0.25) is 4.79 Å². The Morgan fingerprint density at radius 2 is 1.46 bits per heavy atom. The second-order valence-corrected chi connectivity index (χ2v) is 8.24. The van der Waals surface area contributed by atoms with Crippen LogP contribution in [0.25, 0.3) is 11.1 Å². The van der Waals surface area contributed by atoms with Gasteiger partial charge in [0.1, 0.15) is 12.6 Å². The minimum Gasteiger partial charge on any atom is -0.479 e. The van der Waals surface area contributed by atoms with Crippen LogP contribution in [0.3, 0.4) is 0 Å². The average molecular weight is 471 g/mol. The zero-order chi connectivity index (χ0) is 24.8. The van der Waals surface area contributed by atoms with Gasteiger partial charge in [0.2, 0.25) is 5.91 Å². The van der Waals surface area contributed by atoms with Gasteiger partial charge in [-0.25, -0.2) is 9.59 Å². The minimum atomic E-state index is -1.25. The molecular formula is C28H26N2O5. The number of nitrogens with one attached hydrogen (secondary N) is 2. The smallest absolute Gasteiger partial charge is 0.407 e.